The van der Waals surface area contributed by atoms with Crippen LogP contribution < -0.4 is 5.73 Å². The molecule has 1 aromatic heterocycles. The van der Waals surface area contributed by atoms with E-state index in [1.165, 1.54) is 6.42 Å². The molecular weight excluding hydrogens is 182 g/mol. The Bertz CT molecular complexity index is 281. The van der Waals surface area contributed by atoms with Crippen LogP contribution in [0.3, 0.4) is 0 Å². The lowest BCUT2D eigenvalue weighted by Gasteiger charge is -2.08. The minimum Gasteiger partial charge on any atom is -0.378 e. The molecule has 0 spiro atoms. The van der Waals surface area contributed by atoms with Gasteiger partial charge in [-0.15, -0.1) is 5.10 Å². The first-order valence-corrected chi connectivity index (χ1v) is 4.97. The normalized spacial score (nSPS) is 21.6. The van der Waals surface area contributed by atoms with E-state index in [0.717, 1.165) is 31.8 Å². The highest BCUT2D eigenvalue weighted by Gasteiger charge is 2.16. The van der Waals surface area contributed by atoms with E-state index in [1.807, 2.05) is 0 Å². The van der Waals surface area contributed by atoms with Crippen LogP contribution in [0.5, 0.6) is 0 Å². The van der Waals surface area contributed by atoms with Gasteiger partial charge in [0.05, 0.1) is 12.6 Å². The summed E-state index contributed by atoms with van der Waals surface area (Å²) in [4.78, 5) is 0. The highest BCUT2D eigenvalue weighted by molar-refractivity contribution is 4.78. The zero-order valence-electron chi connectivity index (χ0n) is 8.09. The Morgan fingerprint density at radius 2 is 2.50 bits per heavy atom. The molecule has 0 bridgehead atoms. The van der Waals surface area contributed by atoms with Crippen LogP contribution in [0.1, 0.15) is 25.1 Å². The Morgan fingerprint density at radius 3 is 3.21 bits per heavy atom. The molecule has 0 aromatic carbocycles. The number of nitrogens with zero attached hydrogens (tertiary/aromatic N) is 4. The minimum atomic E-state index is 0.379. The van der Waals surface area contributed by atoms with Gasteiger partial charge in [0.1, 0.15) is 0 Å². The molecule has 6 heteroatoms. The van der Waals surface area contributed by atoms with Crippen molar-refractivity contribution in [1.29, 1.82) is 0 Å². The van der Waals surface area contributed by atoms with Crippen LogP contribution in [0, 0.1) is 0 Å². The minimum absolute atomic E-state index is 0.379. The maximum absolute atomic E-state index is 5.51. The van der Waals surface area contributed by atoms with Crippen LogP contribution in [0.15, 0.2) is 0 Å². The SMILES string of the molecule is NCc1nnnn1CCC1CCCO1. The Hall–Kier alpha value is -1.01. The first-order valence-electron chi connectivity index (χ1n) is 4.97. The van der Waals surface area contributed by atoms with Crippen molar-refractivity contribution in [3.8, 4) is 0 Å². The molecule has 2 N–H and O–H groups in total. The predicted molar refractivity (Wildman–Crippen MR) is 49.3 cm³/mol. The van der Waals surface area contributed by atoms with Crippen LogP contribution in [-0.2, 0) is 17.8 Å². The van der Waals surface area contributed by atoms with Crippen LogP contribution in [-0.4, -0.2) is 32.9 Å². The second kappa shape index (κ2) is 4.47. The highest BCUT2D eigenvalue weighted by atomic mass is 16.5. The van der Waals surface area contributed by atoms with Gasteiger partial charge >= 0.3 is 0 Å². The summed E-state index contributed by atoms with van der Waals surface area (Å²) in [5.74, 6) is 0.739. The number of ether oxygens (including phenoxy) is 1. The fourth-order valence-electron chi connectivity index (χ4n) is 1.68. The van der Waals surface area contributed by atoms with Crippen molar-refractivity contribution in [3.05, 3.63) is 5.82 Å². The maximum Gasteiger partial charge on any atom is 0.164 e. The number of hydrogen-bond acceptors (Lipinski definition) is 5. The average Bonchev–Trinajstić information content (AvgIpc) is 2.85. The third-order valence-electron chi connectivity index (χ3n) is 2.48. The van der Waals surface area contributed by atoms with Crippen LogP contribution in [0.25, 0.3) is 0 Å². The van der Waals surface area contributed by atoms with Gasteiger partial charge in [0.15, 0.2) is 5.82 Å². The van der Waals surface area contributed by atoms with Crippen LogP contribution in [0.4, 0.5) is 0 Å². The van der Waals surface area contributed by atoms with Crippen molar-refractivity contribution < 1.29 is 4.74 Å². The molecule has 0 aliphatic carbocycles. The van der Waals surface area contributed by atoms with E-state index in [0.29, 0.717) is 12.6 Å². The van der Waals surface area contributed by atoms with E-state index in [2.05, 4.69) is 15.5 Å². The average molecular weight is 197 g/mol. The molecule has 0 saturated carbocycles. The van der Waals surface area contributed by atoms with Crippen molar-refractivity contribution in [2.75, 3.05) is 6.61 Å². The van der Waals surface area contributed by atoms with E-state index in [9.17, 15) is 0 Å². The monoisotopic (exact) mass is 197 g/mol. The molecule has 1 saturated heterocycles. The van der Waals surface area contributed by atoms with E-state index < -0.39 is 0 Å². The van der Waals surface area contributed by atoms with Gasteiger partial charge in [0.25, 0.3) is 0 Å². The lowest BCUT2D eigenvalue weighted by molar-refractivity contribution is 0.0990. The zero-order chi connectivity index (χ0) is 9.80. The first-order chi connectivity index (χ1) is 6.90. The first kappa shape index (κ1) is 9.54. The van der Waals surface area contributed by atoms with Gasteiger partial charge in [0, 0.05) is 13.2 Å². The highest BCUT2D eigenvalue weighted by Crippen LogP contribution is 2.15. The summed E-state index contributed by atoms with van der Waals surface area (Å²) in [6, 6.07) is 0. The molecule has 1 fully saturated rings. The molecule has 2 heterocycles. The molecule has 14 heavy (non-hydrogen) atoms. The van der Waals surface area contributed by atoms with Gasteiger partial charge in [-0.05, 0) is 29.7 Å². The summed E-state index contributed by atoms with van der Waals surface area (Å²) in [7, 11) is 0. The van der Waals surface area contributed by atoms with E-state index in [4.69, 9.17) is 10.5 Å². The Morgan fingerprint density at radius 1 is 1.57 bits per heavy atom. The van der Waals surface area contributed by atoms with Gasteiger partial charge in [-0.2, -0.15) is 0 Å². The van der Waals surface area contributed by atoms with E-state index in [1.54, 1.807) is 4.68 Å². The lowest BCUT2D eigenvalue weighted by atomic mass is 10.2. The molecule has 0 radical (unpaired) electrons. The largest absolute Gasteiger partial charge is 0.378 e. The fraction of sp³-hybridized carbons (Fsp3) is 0.875. The number of nitrogens with two attached hydrogens (primary N) is 1. The van der Waals surface area contributed by atoms with Gasteiger partial charge in [-0.3, -0.25) is 0 Å². The van der Waals surface area contributed by atoms with Crippen molar-refractivity contribution in [3.63, 3.8) is 0 Å². The number of rotatable bonds is 4. The predicted octanol–water partition coefficient (Wildman–Crippen LogP) is -0.299. The number of aryl methyl sites for hydroxylation is 1. The molecule has 1 aliphatic rings. The Kier molecular flexibility index (Phi) is 3.05. The van der Waals surface area contributed by atoms with Crippen molar-refractivity contribution in [2.24, 2.45) is 5.73 Å². The molecule has 6 nitrogen and oxygen atoms in total. The lowest BCUT2D eigenvalue weighted by Crippen LogP contribution is -2.14. The van der Waals surface area contributed by atoms with Crippen molar-refractivity contribution in [2.45, 2.75) is 38.5 Å². The van der Waals surface area contributed by atoms with Crippen molar-refractivity contribution >= 4 is 0 Å². The van der Waals surface area contributed by atoms with Gasteiger partial charge in [0.2, 0.25) is 0 Å². The molecule has 1 aliphatic heterocycles. The zero-order valence-corrected chi connectivity index (χ0v) is 8.09. The van der Waals surface area contributed by atoms with Gasteiger partial charge in [-0.25, -0.2) is 4.68 Å². The molecule has 1 unspecified atom stereocenters. The Balaban J connectivity index is 1.84. The second-order valence-corrected chi connectivity index (χ2v) is 3.45. The maximum atomic E-state index is 5.51. The quantitative estimate of drug-likeness (QED) is 0.717. The van der Waals surface area contributed by atoms with E-state index >= 15 is 0 Å². The smallest absolute Gasteiger partial charge is 0.164 e. The summed E-state index contributed by atoms with van der Waals surface area (Å²) >= 11 is 0. The van der Waals surface area contributed by atoms with Crippen LogP contribution >= 0.6 is 0 Å². The molecule has 2 rings (SSSR count). The molecule has 78 valence electrons. The third-order valence-corrected chi connectivity index (χ3v) is 2.48. The summed E-state index contributed by atoms with van der Waals surface area (Å²) in [6.07, 6.45) is 3.67. The summed E-state index contributed by atoms with van der Waals surface area (Å²) in [5.41, 5.74) is 5.48. The second-order valence-electron chi connectivity index (χ2n) is 3.45. The van der Waals surface area contributed by atoms with Crippen molar-refractivity contribution in [1.82, 2.24) is 20.2 Å². The number of tetrazole rings is 1. The van der Waals surface area contributed by atoms with E-state index in [-0.39, 0.29) is 0 Å². The molecule has 1 atom stereocenters. The third kappa shape index (κ3) is 2.08. The summed E-state index contributed by atoms with van der Waals surface area (Å²) in [5, 5.41) is 11.3. The van der Waals surface area contributed by atoms with Gasteiger partial charge in [-0.1, -0.05) is 0 Å². The molecule has 0 amide bonds. The fourth-order valence-corrected chi connectivity index (χ4v) is 1.68. The number of hydrogen-bond donors (Lipinski definition) is 1. The number of aromatic nitrogens is 4. The summed E-state index contributed by atoms with van der Waals surface area (Å²) in [6.45, 7) is 2.08. The topological polar surface area (TPSA) is 78.9 Å². The standard InChI is InChI=1S/C8H15N5O/c9-6-8-10-11-12-13(8)4-3-7-2-1-5-14-7/h7H,1-6,9H2. The Labute approximate surface area is 82.4 Å². The summed E-state index contributed by atoms with van der Waals surface area (Å²) < 4.78 is 7.26. The van der Waals surface area contributed by atoms with Crippen LogP contribution in [0.2, 0.25) is 0 Å². The molecule has 1 aromatic rings. The molecular formula is C8H15N5O. The van der Waals surface area contributed by atoms with Gasteiger partial charge < -0.3 is 10.5 Å².